The second kappa shape index (κ2) is 14.2. The van der Waals surface area contributed by atoms with Gasteiger partial charge in [0.05, 0.1) is 7.11 Å². The fourth-order valence-corrected chi connectivity index (χ4v) is 6.40. The lowest BCUT2D eigenvalue weighted by molar-refractivity contribution is 0.415. The summed E-state index contributed by atoms with van der Waals surface area (Å²) < 4.78 is 5.30. The summed E-state index contributed by atoms with van der Waals surface area (Å²) in [4.78, 5) is 2.38. The molecule has 230 valence electrons. The van der Waals surface area contributed by atoms with E-state index in [1.807, 2.05) is 12.1 Å². The molecule has 47 heavy (non-hydrogen) atoms. The van der Waals surface area contributed by atoms with Gasteiger partial charge in [-0.3, -0.25) is 0 Å². The van der Waals surface area contributed by atoms with Crippen LogP contribution in [0.2, 0.25) is 0 Å². The molecule has 6 aromatic rings. The normalized spacial score (nSPS) is 12.4. The topological polar surface area (TPSA) is 12.5 Å². The number of anilines is 3. The molecule has 0 aliphatic heterocycles. The fraction of sp³-hybridized carbons (Fsp3) is 0.111. The van der Waals surface area contributed by atoms with Gasteiger partial charge in [-0.15, -0.1) is 0 Å². The summed E-state index contributed by atoms with van der Waals surface area (Å²) in [6.07, 6.45) is 11.5. The molecule has 2 nitrogen and oxygen atoms in total. The molecule has 0 heterocycles. The van der Waals surface area contributed by atoms with Gasteiger partial charge in [0, 0.05) is 17.1 Å². The number of benzene rings is 6. The Bertz CT molecular complexity index is 1930. The van der Waals surface area contributed by atoms with Gasteiger partial charge in [0.1, 0.15) is 5.75 Å². The summed E-state index contributed by atoms with van der Waals surface area (Å²) >= 11 is 0. The molecule has 1 aliphatic rings. The standard InChI is InChI=1S/C45H39NO/c1-47-44-30-22-35(23-31-44)17-16-34-18-25-41(26-19-34)46(43-29-24-37-10-8-9-15-40(37)33-43)42-27-20-36(21-28-42)32-45(38-11-4-2-5-12-38)39-13-6-3-7-14-39/h2-7,11-14,16-33H,8-10,15H2,1H3. The van der Waals surface area contributed by atoms with Crippen molar-refractivity contribution in [1.82, 2.24) is 0 Å². The highest BCUT2D eigenvalue weighted by molar-refractivity contribution is 5.91. The quantitative estimate of drug-likeness (QED) is 0.151. The van der Waals surface area contributed by atoms with Crippen molar-refractivity contribution in [2.24, 2.45) is 0 Å². The zero-order chi connectivity index (χ0) is 31.8. The van der Waals surface area contributed by atoms with E-state index >= 15 is 0 Å². The average Bonchev–Trinajstić information content (AvgIpc) is 3.15. The minimum absolute atomic E-state index is 0.866. The van der Waals surface area contributed by atoms with E-state index in [4.69, 9.17) is 4.74 Å². The minimum Gasteiger partial charge on any atom is -0.497 e. The highest BCUT2D eigenvalue weighted by Gasteiger charge is 2.16. The first kappa shape index (κ1) is 30.1. The van der Waals surface area contributed by atoms with Gasteiger partial charge in [0.2, 0.25) is 0 Å². The minimum atomic E-state index is 0.866. The van der Waals surface area contributed by atoms with Crippen molar-refractivity contribution in [2.75, 3.05) is 12.0 Å². The molecule has 0 saturated heterocycles. The maximum atomic E-state index is 5.30. The second-order valence-corrected chi connectivity index (χ2v) is 12.1. The van der Waals surface area contributed by atoms with E-state index in [1.165, 1.54) is 58.3 Å². The summed E-state index contributed by atoms with van der Waals surface area (Å²) in [5.74, 6) is 0.866. The van der Waals surface area contributed by atoms with Crippen molar-refractivity contribution in [3.63, 3.8) is 0 Å². The lowest BCUT2D eigenvalue weighted by atomic mass is 9.91. The van der Waals surface area contributed by atoms with Crippen LogP contribution in [0.1, 0.15) is 51.8 Å². The average molecular weight is 610 g/mol. The number of rotatable bonds is 9. The van der Waals surface area contributed by atoms with E-state index < -0.39 is 0 Å². The molecule has 6 aromatic carbocycles. The summed E-state index contributed by atoms with van der Waals surface area (Å²) in [5, 5.41) is 0. The molecule has 1 aliphatic carbocycles. The first-order valence-corrected chi connectivity index (χ1v) is 16.5. The van der Waals surface area contributed by atoms with Gasteiger partial charge in [-0.2, -0.15) is 0 Å². The van der Waals surface area contributed by atoms with Crippen LogP contribution in [-0.4, -0.2) is 7.11 Å². The van der Waals surface area contributed by atoms with Gasteiger partial charge < -0.3 is 9.64 Å². The molecule has 0 atom stereocenters. The first-order chi connectivity index (χ1) is 23.2. The Morgan fingerprint density at radius 1 is 0.511 bits per heavy atom. The lowest BCUT2D eigenvalue weighted by Crippen LogP contribution is -2.12. The monoisotopic (exact) mass is 609 g/mol. The first-order valence-electron chi connectivity index (χ1n) is 16.5. The Hall–Kier alpha value is -5.60. The summed E-state index contributed by atoms with van der Waals surface area (Å²) in [6, 6.07) is 54.2. The maximum absolute atomic E-state index is 5.30. The van der Waals surface area contributed by atoms with Crippen LogP contribution < -0.4 is 9.64 Å². The van der Waals surface area contributed by atoms with Crippen molar-refractivity contribution in [3.05, 3.63) is 191 Å². The van der Waals surface area contributed by atoms with Crippen molar-refractivity contribution < 1.29 is 4.74 Å². The Kier molecular flexibility index (Phi) is 9.10. The van der Waals surface area contributed by atoms with Crippen molar-refractivity contribution in [2.45, 2.75) is 25.7 Å². The molecule has 7 rings (SSSR count). The van der Waals surface area contributed by atoms with Crippen LogP contribution in [0.25, 0.3) is 23.8 Å². The number of nitrogens with zero attached hydrogens (tertiary/aromatic N) is 1. The van der Waals surface area contributed by atoms with Gasteiger partial charge in [-0.05, 0) is 125 Å². The summed E-state index contributed by atoms with van der Waals surface area (Å²) in [6.45, 7) is 0. The third-order valence-electron chi connectivity index (χ3n) is 8.96. The molecule has 0 radical (unpaired) electrons. The lowest BCUT2D eigenvalue weighted by Gasteiger charge is -2.27. The Balaban J connectivity index is 1.22. The number of methoxy groups -OCH3 is 1. The zero-order valence-corrected chi connectivity index (χ0v) is 26.8. The van der Waals surface area contributed by atoms with Gasteiger partial charge in [0.15, 0.2) is 0 Å². The molecule has 0 aromatic heterocycles. The highest BCUT2D eigenvalue weighted by Crippen LogP contribution is 2.37. The molecule has 0 spiro atoms. The van der Waals surface area contributed by atoms with Gasteiger partial charge in [-0.1, -0.05) is 115 Å². The molecule has 0 unspecified atom stereocenters. The maximum Gasteiger partial charge on any atom is 0.118 e. The number of hydrogen-bond donors (Lipinski definition) is 0. The molecule has 0 N–H and O–H groups in total. The van der Waals surface area contributed by atoms with E-state index in [-0.39, 0.29) is 0 Å². The molecule has 0 amide bonds. The predicted molar refractivity (Wildman–Crippen MR) is 200 cm³/mol. The van der Waals surface area contributed by atoms with Crippen molar-refractivity contribution in [3.8, 4) is 5.75 Å². The van der Waals surface area contributed by atoms with Crippen LogP contribution in [-0.2, 0) is 12.8 Å². The second-order valence-electron chi connectivity index (χ2n) is 12.1. The molecular weight excluding hydrogens is 571 g/mol. The zero-order valence-electron chi connectivity index (χ0n) is 26.8. The van der Waals surface area contributed by atoms with Crippen LogP contribution in [0.4, 0.5) is 17.1 Å². The van der Waals surface area contributed by atoms with E-state index in [9.17, 15) is 0 Å². The predicted octanol–water partition coefficient (Wildman–Crippen LogP) is 11.8. The number of ether oxygens (including phenoxy) is 1. The van der Waals surface area contributed by atoms with E-state index in [1.54, 1.807) is 7.11 Å². The third kappa shape index (κ3) is 7.13. The van der Waals surface area contributed by atoms with Crippen LogP contribution in [0.5, 0.6) is 5.75 Å². The van der Waals surface area contributed by atoms with Gasteiger partial charge in [0.25, 0.3) is 0 Å². The van der Waals surface area contributed by atoms with E-state index in [0.29, 0.717) is 0 Å². The van der Waals surface area contributed by atoms with Crippen molar-refractivity contribution in [1.29, 1.82) is 0 Å². The SMILES string of the molecule is COc1ccc(C=Cc2ccc(N(c3ccc(C=C(c4ccccc4)c4ccccc4)cc3)c3ccc4c(c3)CCCC4)cc2)cc1. The van der Waals surface area contributed by atoms with Crippen molar-refractivity contribution >= 4 is 40.9 Å². The largest absolute Gasteiger partial charge is 0.497 e. The molecular formula is C45H39NO. The van der Waals surface area contributed by atoms with Crippen LogP contribution in [0, 0.1) is 0 Å². The van der Waals surface area contributed by atoms with Crippen LogP contribution >= 0.6 is 0 Å². The summed E-state index contributed by atoms with van der Waals surface area (Å²) in [7, 11) is 1.69. The van der Waals surface area contributed by atoms with Gasteiger partial charge in [-0.25, -0.2) is 0 Å². The molecule has 2 heteroatoms. The van der Waals surface area contributed by atoms with E-state index in [0.717, 1.165) is 34.7 Å². The molecule has 0 fully saturated rings. The Morgan fingerprint density at radius 2 is 1.00 bits per heavy atom. The third-order valence-corrected chi connectivity index (χ3v) is 8.96. The number of hydrogen-bond acceptors (Lipinski definition) is 2. The van der Waals surface area contributed by atoms with E-state index in [2.05, 4.69) is 163 Å². The summed E-state index contributed by atoms with van der Waals surface area (Å²) in [5.41, 5.74) is 13.5. The Labute approximate surface area is 278 Å². The fourth-order valence-electron chi connectivity index (χ4n) is 6.40. The van der Waals surface area contributed by atoms with Crippen LogP contribution in [0.15, 0.2) is 152 Å². The highest BCUT2D eigenvalue weighted by atomic mass is 16.5. The number of fused-ring (bicyclic) bond motifs is 1. The molecule has 0 saturated carbocycles. The van der Waals surface area contributed by atoms with Gasteiger partial charge >= 0.3 is 0 Å². The van der Waals surface area contributed by atoms with Crippen LogP contribution in [0.3, 0.4) is 0 Å². The number of aryl methyl sites for hydroxylation is 2. The smallest absolute Gasteiger partial charge is 0.118 e. The molecule has 0 bridgehead atoms. The Morgan fingerprint density at radius 3 is 1.55 bits per heavy atom.